The Labute approximate surface area is 71.8 Å². The molecule has 0 bridgehead atoms. The Balaban J connectivity index is 0. The first-order valence-corrected chi connectivity index (χ1v) is 4.90. The summed E-state index contributed by atoms with van der Waals surface area (Å²) in [4.78, 5) is 0. The Kier molecular flexibility index (Phi) is 12.3. The summed E-state index contributed by atoms with van der Waals surface area (Å²) in [6.07, 6.45) is 3.33. The fraction of sp³-hybridized carbons (Fsp3) is 1.00. The van der Waals surface area contributed by atoms with Crippen molar-refractivity contribution >= 4 is 0 Å². The molecule has 2 unspecified atom stereocenters. The lowest BCUT2D eigenvalue weighted by Crippen LogP contribution is -2.14. The van der Waals surface area contributed by atoms with E-state index >= 15 is 0 Å². The standard InChI is InChI=1S/C8H18O.C2H6/c1-4-6-8(5-2)7(3)9;1-2/h7-9H,4-6H2,1-3H3;1-2H3. The van der Waals surface area contributed by atoms with Gasteiger partial charge in [-0.3, -0.25) is 0 Å². The summed E-state index contributed by atoms with van der Waals surface area (Å²) in [7, 11) is 0. The minimum Gasteiger partial charge on any atom is -0.393 e. The highest BCUT2D eigenvalue weighted by Gasteiger charge is 2.09. The van der Waals surface area contributed by atoms with Crippen LogP contribution >= 0.6 is 0 Å². The van der Waals surface area contributed by atoms with Crippen molar-refractivity contribution in [3.05, 3.63) is 0 Å². The first kappa shape index (κ1) is 13.5. The largest absolute Gasteiger partial charge is 0.393 e. The molecule has 0 amide bonds. The molecule has 70 valence electrons. The minimum atomic E-state index is -0.116. The van der Waals surface area contributed by atoms with E-state index in [1.54, 1.807) is 0 Å². The van der Waals surface area contributed by atoms with Crippen molar-refractivity contribution in [1.82, 2.24) is 0 Å². The monoisotopic (exact) mass is 160 g/mol. The Morgan fingerprint density at radius 2 is 1.64 bits per heavy atom. The topological polar surface area (TPSA) is 20.2 Å². The molecule has 0 spiro atoms. The lowest BCUT2D eigenvalue weighted by atomic mass is 9.96. The summed E-state index contributed by atoms with van der Waals surface area (Å²) < 4.78 is 0. The molecule has 0 aliphatic carbocycles. The lowest BCUT2D eigenvalue weighted by Gasteiger charge is -2.15. The Morgan fingerprint density at radius 1 is 1.18 bits per heavy atom. The van der Waals surface area contributed by atoms with E-state index in [9.17, 15) is 0 Å². The maximum absolute atomic E-state index is 9.14. The zero-order valence-corrected chi connectivity index (χ0v) is 8.72. The van der Waals surface area contributed by atoms with Crippen molar-refractivity contribution in [2.75, 3.05) is 0 Å². The summed E-state index contributed by atoms with van der Waals surface area (Å²) in [5.74, 6) is 0.523. The van der Waals surface area contributed by atoms with Crippen LogP contribution in [0.15, 0.2) is 0 Å². The molecule has 0 heterocycles. The summed E-state index contributed by atoms with van der Waals surface area (Å²) in [5.41, 5.74) is 0. The lowest BCUT2D eigenvalue weighted by molar-refractivity contribution is 0.117. The van der Waals surface area contributed by atoms with Crippen LogP contribution in [0.4, 0.5) is 0 Å². The summed E-state index contributed by atoms with van der Waals surface area (Å²) in [6, 6.07) is 0. The van der Waals surface area contributed by atoms with Gasteiger partial charge >= 0.3 is 0 Å². The molecule has 0 aromatic heterocycles. The molecular weight excluding hydrogens is 136 g/mol. The first-order chi connectivity index (χ1) is 5.22. The number of hydrogen-bond donors (Lipinski definition) is 1. The van der Waals surface area contributed by atoms with Crippen molar-refractivity contribution in [2.45, 2.75) is 60.0 Å². The van der Waals surface area contributed by atoms with Crippen LogP contribution < -0.4 is 0 Å². The van der Waals surface area contributed by atoms with Crippen LogP contribution in [0, 0.1) is 5.92 Å². The summed E-state index contributed by atoms with van der Waals surface area (Å²) in [5, 5.41) is 9.14. The van der Waals surface area contributed by atoms with Gasteiger partial charge in [-0.1, -0.05) is 40.5 Å². The molecule has 2 atom stereocenters. The maximum Gasteiger partial charge on any atom is 0.0540 e. The van der Waals surface area contributed by atoms with E-state index < -0.39 is 0 Å². The van der Waals surface area contributed by atoms with Crippen LogP contribution in [-0.2, 0) is 0 Å². The highest BCUT2D eigenvalue weighted by Crippen LogP contribution is 2.14. The van der Waals surface area contributed by atoms with Gasteiger partial charge in [0.05, 0.1) is 6.10 Å². The molecule has 0 saturated heterocycles. The van der Waals surface area contributed by atoms with Crippen molar-refractivity contribution in [3.63, 3.8) is 0 Å². The third-order valence-corrected chi connectivity index (χ3v) is 1.87. The average Bonchev–Trinajstić information content (AvgIpc) is 2.03. The molecule has 0 aromatic carbocycles. The van der Waals surface area contributed by atoms with Gasteiger partial charge in [-0.05, 0) is 19.3 Å². The van der Waals surface area contributed by atoms with Crippen LogP contribution in [0.3, 0.4) is 0 Å². The molecule has 0 fully saturated rings. The van der Waals surface area contributed by atoms with Gasteiger partial charge in [-0.25, -0.2) is 0 Å². The molecule has 11 heavy (non-hydrogen) atoms. The number of hydrogen-bond acceptors (Lipinski definition) is 1. The van der Waals surface area contributed by atoms with Gasteiger partial charge in [0.15, 0.2) is 0 Å². The van der Waals surface area contributed by atoms with E-state index in [0.717, 1.165) is 12.8 Å². The molecule has 1 N–H and O–H groups in total. The van der Waals surface area contributed by atoms with Gasteiger partial charge in [-0.15, -0.1) is 0 Å². The molecule has 0 saturated carbocycles. The molecule has 0 aliphatic heterocycles. The molecule has 0 aliphatic rings. The Hall–Kier alpha value is -0.0400. The molecule has 0 radical (unpaired) electrons. The zero-order valence-electron chi connectivity index (χ0n) is 8.72. The minimum absolute atomic E-state index is 0.116. The van der Waals surface area contributed by atoms with E-state index in [1.807, 2.05) is 20.8 Å². The normalized spacial score (nSPS) is 14.7. The Bertz CT molecular complexity index is 59.9. The second-order valence-electron chi connectivity index (χ2n) is 2.70. The predicted molar refractivity (Wildman–Crippen MR) is 51.7 cm³/mol. The number of rotatable bonds is 4. The summed E-state index contributed by atoms with van der Waals surface area (Å²) in [6.45, 7) is 10.2. The van der Waals surface area contributed by atoms with Crippen LogP contribution in [0.1, 0.15) is 53.9 Å². The Morgan fingerprint density at radius 3 is 1.73 bits per heavy atom. The number of aliphatic hydroxyl groups excluding tert-OH is 1. The van der Waals surface area contributed by atoms with Crippen molar-refractivity contribution in [3.8, 4) is 0 Å². The number of aliphatic hydroxyl groups is 1. The third kappa shape index (κ3) is 7.86. The van der Waals surface area contributed by atoms with Crippen LogP contribution in [0.25, 0.3) is 0 Å². The smallest absolute Gasteiger partial charge is 0.0540 e. The molecule has 1 nitrogen and oxygen atoms in total. The first-order valence-electron chi connectivity index (χ1n) is 4.90. The van der Waals surface area contributed by atoms with Gasteiger partial charge in [0, 0.05) is 0 Å². The fourth-order valence-corrected chi connectivity index (χ4v) is 1.16. The average molecular weight is 160 g/mol. The SMILES string of the molecule is CC.CCCC(CC)C(C)O. The molecule has 0 aromatic rings. The highest BCUT2D eigenvalue weighted by atomic mass is 16.3. The van der Waals surface area contributed by atoms with E-state index in [1.165, 1.54) is 6.42 Å². The second-order valence-corrected chi connectivity index (χ2v) is 2.70. The van der Waals surface area contributed by atoms with Crippen molar-refractivity contribution in [2.24, 2.45) is 5.92 Å². The predicted octanol–water partition coefficient (Wildman–Crippen LogP) is 3.22. The van der Waals surface area contributed by atoms with Crippen LogP contribution in [0.2, 0.25) is 0 Å². The zero-order chi connectivity index (χ0) is 9.28. The third-order valence-electron chi connectivity index (χ3n) is 1.87. The molecular formula is C10H24O. The molecule has 0 rings (SSSR count). The highest BCUT2D eigenvalue weighted by molar-refractivity contribution is 4.61. The van der Waals surface area contributed by atoms with E-state index in [-0.39, 0.29) is 6.10 Å². The quantitative estimate of drug-likeness (QED) is 0.669. The maximum atomic E-state index is 9.14. The van der Waals surface area contributed by atoms with E-state index in [4.69, 9.17) is 5.11 Å². The van der Waals surface area contributed by atoms with Gasteiger partial charge < -0.3 is 5.11 Å². The van der Waals surface area contributed by atoms with Crippen LogP contribution in [0.5, 0.6) is 0 Å². The molecule has 1 heteroatoms. The second kappa shape index (κ2) is 9.96. The van der Waals surface area contributed by atoms with Gasteiger partial charge in [0.25, 0.3) is 0 Å². The van der Waals surface area contributed by atoms with Gasteiger partial charge in [0.1, 0.15) is 0 Å². The van der Waals surface area contributed by atoms with Gasteiger partial charge in [-0.2, -0.15) is 0 Å². The summed E-state index contributed by atoms with van der Waals surface area (Å²) >= 11 is 0. The van der Waals surface area contributed by atoms with Crippen molar-refractivity contribution < 1.29 is 5.11 Å². The fourth-order valence-electron chi connectivity index (χ4n) is 1.16. The van der Waals surface area contributed by atoms with Gasteiger partial charge in [0.2, 0.25) is 0 Å². The van der Waals surface area contributed by atoms with Crippen LogP contribution in [-0.4, -0.2) is 11.2 Å². The van der Waals surface area contributed by atoms with E-state index in [0.29, 0.717) is 5.92 Å². The van der Waals surface area contributed by atoms with Crippen molar-refractivity contribution in [1.29, 1.82) is 0 Å². The van der Waals surface area contributed by atoms with E-state index in [2.05, 4.69) is 13.8 Å².